The minimum absolute atomic E-state index is 0.275. The maximum Gasteiger partial charge on any atom is 0.163 e. The zero-order chi connectivity index (χ0) is 14.8. The van der Waals surface area contributed by atoms with Crippen LogP contribution in [-0.4, -0.2) is 20.2 Å². The van der Waals surface area contributed by atoms with Crippen molar-refractivity contribution in [3.05, 3.63) is 58.6 Å². The second kappa shape index (κ2) is 5.76. The van der Waals surface area contributed by atoms with Gasteiger partial charge in [0.1, 0.15) is 0 Å². The molecule has 0 amide bonds. The summed E-state index contributed by atoms with van der Waals surface area (Å²) in [6.07, 6.45) is 3.33. The summed E-state index contributed by atoms with van der Waals surface area (Å²) in [7, 11) is 0. The van der Waals surface area contributed by atoms with Gasteiger partial charge in [-0.1, -0.05) is 35.3 Å². The lowest BCUT2D eigenvalue weighted by molar-refractivity contribution is 0.980. The van der Waals surface area contributed by atoms with Crippen molar-refractivity contribution in [2.24, 2.45) is 0 Å². The highest BCUT2D eigenvalue weighted by Crippen LogP contribution is 2.36. The van der Waals surface area contributed by atoms with Crippen LogP contribution in [0.25, 0.3) is 22.5 Å². The largest absolute Gasteiger partial charge is 0.236 e. The highest BCUT2D eigenvalue weighted by Gasteiger charge is 2.18. The molecule has 0 atom stereocenters. The molecular formula is C15H10Cl2N4. The molecule has 0 fully saturated rings. The molecule has 2 aromatic heterocycles. The first-order valence-electron chi connectivity index (χ1n) is 6.23. The van der Waals surface area contributed by atoms with E-state index >= 15 is 0 Å². The van der Waals surface area contributed by atoms with E-state index in [9.17, 15) is 0 Å². The summed E-state index contributed by atoms with van der Waals surface area (Å²) in [6, 6.07) is 9.21. The van der Waals surface area contributed by atoms with E-state index in [2.05, 4.69) is 20.2 Å². The second-order valence-corrected chi connectivity index (χ2v) is 5.20. The predicted octanol–water partition coefficient (Wildman–Crippen LogP) is 4.22. The first-order valence-corrected chi connectivity index (χ1v) is 6.98. The molecule has 104 valence electrons. The fourth-order valence-electron chi connectivity index (χ4n) is 2.10. The van der Waals surface area contributed by atoms with Gasteiger partial charge in [0.05, 0.1) is 11.3 Å². The van der Waals surface area contributed by atoms with Crippen LogP contribution >= 0.6 is 23.2 Å². The average molecular weight is 317 g/mol. The SMILES string of the molecule is Cc1nnc(Cl)c(-c2ncccn2)c1-c1ccc(Cl)cc1. The molecule has 0 spiro atoms. The quantitative estimate of drug-likeness (QED) is 0.710. The van der Waals surface area contributed by atoms with E-state index in [0.717, 1.165) is 16.8 Å². The third-order valence-electron chi connectivity index (χ3n) is 3.03. The Balaban J connectivity index is 2.29. The fraction of sp³-hybridized carbons (Fsp3) is 0.0667. The van der Waals surface area contributed by atoms with Crippen molar-refractivity contribution in [3.8, 4) is 22.5 Å². The Morgan fingerprint density at radius 2 is 1.52 bits per heavy atom. The van der Waals surface area contributed by atoms with Crippen LogP contribution in [0, 0.1) is 6.92 Å². The maximum atomic E-state index is 6.24. The zero-order valence-electron chi connectivity index (χ0n) is 11.1. The van der Waals surface area contributed by atoms with Gasteiger partial charge in [-0.2, -0.15) is 5.10 Å². The molecule has 0 aliphatic carbocycles. The average Bonchev–Trinajstić information content (AvgIpc) is 2.51. The summed E-state index contributed by atoms with van der Waals surface area (Å²) >= 11 is 12.2. The molecule has 0 bridgehead atoms. The molecule has 2 heterocycles. The number of nitrogens with zero attached hydrogens (tertiary/aromatic N) is 4. The van der Waals surface area contributed by atoms with Gasteiger partial charge in [-0.25, -0.2) is 9.97 Å². The summed E-state index contributed by atoms with van der Waals surface area (Å²) in [5.41, 5.74) is 3.23. The molecule has 0 saturated carbocycles. The Morgan fingerprint density at radius 3 is 2.19 bits per heavy atom. The topological polar surface area (TPSA) is 51.6 Å². The van der Waals surface area contributed by atoms with Crippen molar-refractivity contribution in [2.45, 2.75) is 6.92 Å². The van der Waals surface area contributed by atoms with E-state index in [-0.39, 0.29) is 5.15 Å². The first kappa shape index (κ1) is 13.9. The molecular weight excluding hydrogens is 307 g/mol. The summed E-state index contributed by atoms with van der Waals surface area (Å²) < 4.78 is 0. The number of aryl methyl sites for hydroxylation is 1. The van der Waals surface area contributed by atoms with E-state index in [1.54, 1.807) is 18.5 Å². The predicted molar refractivity (Wildman–Crippen MR) is 83.3 cm³/mol. The lowest BCUT2D eigenvalue weighted by Crippen LogP contribution is -1.99. The van der Waals surface area contributed by atoms with Crippen molar-refractivity contribution in [1.82, 2.24) is 20.2 Å². The van der Waals surface area contributed by atoms with Crippen LogP contribution < -0.4 is 0 Å². The number of rotatable bonds is 2. The van der Waals surface area contributed by atoms with Crippen molar-refractivity contribution >= 4 is 23.2 Å². The lowest BCUT2D eigenvalue weighted by atomic mass is 9.99. The second-order valence-electron chi connectivity index (χ2n) is 4.41. The Labute approximate surface area is 131 Å². The smallest absolute Gasteiger partial charge is 0.163 e. The minimum atomic E-state index is 0.275. The van der Waals surface area contributed by atoms with Gasteiger partial charge >= 0.3 is 0 Å². The van der Waals surface area contributed by atoms with Gasteiger partial charge in [0, 0.05) is 23.0 Å². The molecule has 0 radical (unpaired) electrons. The van der Waals surface area contributed by atoms with Gasteiger partial charge in [0.2, 0.25) is 0 Å². The summed E-state index contributed by atoms with van der Waals surface area (Å²) in [4.78, 5) is 8.53. The molecule has 0 aliphatic rings. The number of hydrogen-bond donors (Lipinski definition) is 0. The van der Waals surface area contributed by atoms with Crippen LogP contribution in [0.4, 0.5) is 0 Å². The Kier molecular flexibility index (Phi) is 3.82. The standard InChI is InChI=1S/C15H10Cl2N4/c1-9-12(10-3-5-11(16)6-4-10)13(14(17)21-20-9)15-18-7-2-8-19-15/h2-8H,1H3. The fourth-order valence-corrected chi connectivity index (χ4v) is 2.45. The minimum Gasteiger partial charge on any atom is -0.236 e. The third-order valence-corrected chi connectivity index (χ3v) is 3.54. The van der Waals surface area contributed by atoms with E-state index in [1.807, 2.05) is 31.2 Å². The zero-order valence-corrected chi connectivity index (χ0v) is 12.6. The Hall–Kier alpha value is -2.04. The lowest BCUT2D eigenvalue weighted by Gasteiger charge is -2.12. The van der Waals surface area contributed by atoms with Gasteiger partial charge in [-0.15, -0.1) is 5.10 Å². The van der Waals surface area contributed by atoms with Gasteiger partial charge in [0.25, 0.3) is 0 Å². The first-order chi connectivity index (χ1) is 10.2. The number of benzene rings is 1. The number of halogens is 2. The highest BCUT2D eigenvalue weighted by atomic mass is 35.5. The summed E-state index contributed by atoms with van der Waals surface area (Å²) in [5, 5.41) is 9.00. The molecule has 0 unspecified atom stereocenters. The molecule has 6 heteroatoms. The van der Waals surface area contributed by atoms with Crippen molar-refractivity contribution < 1.29 is 0 Å². The summed E-state index contributed by atoms with van der Waals surface area (Å²) in [5.74, 6) is 0.519. The Bertz CT molecular complexity index is 774. The highest BCUT2D eigenvalue weighted by molar-refractivity contribution is 6.32. The van der Waals surface area contributed by atoms with Crippen LogP contribution in [0.15, 0.2) is 42.7 Å². The van der Waals surface area contributed by atoms with Crippen LogP contribution in [0.5, 0.6) is 0 Å². The van der Waals surface area contributed by atoms with E-state index in [0.29, 0.717) is 16.4 Å². The molecule has 21 heavy (non-hydrogen) atoms. The van der Waals surface area contributed by atoms with Gasteiger partial charge in [0.15, 0.2) is 11.0 Å². The molecule has 1 aromatic carbocycles. The molecule has 3 aromatic rings. The van der Waals surface area contributed by atoms with Crippen molar-refractivity contribution in [1.29, 1.82) is 0 Å². The molecule has 0 saturated heterocycles. The number of aromatic nitrogens is 4. The van der Waals surface area contributed by atoms with Gasteiger partial charge in [-0.05, 0) is 30.7 Å². The van der Waals surface area contributed by atoms with E-state index in [1.165, 1.54) is 0 Å². The van der Waals surface area contributed by atoms with Crippen molar-refractivity contribution in [2.75, 3.05) is 0 Å². The monoisotopic (exact) mass is 316 g/mol. The van der Waals surface area contributed by atoms with Crippen molar-refractivity contribution in [3.63, 3.8) is 0 Å². The number of hydrogen-bond acceptors (Lipinski definition) is 4. The maximum absolute atomic E-state index is 6.24. The molecule has 0 N–H and O–H groups in total. The van der Waals surface area contributed by atoms with Gasteiger partial charge in [-0.3, -0.25) is 0 Å². The van der Waals surface area contributed by atoms with Gasteiger partial charge < -0.3 is 0 Å². The Morgan fingerprint density at radius 1 is 0.857 bits per heavy atom. The van der Waals surface area contributed by atoms with E-state index in [4.69, 9.17) is 23.2 Å². The summed E-state index contributed by atoms with van der Waals surface area (Å²) in [6.45, 7) is 1.87. The van der Waals surface area contributed by atoms with E-state index < -0.39 is 0 Å². The normalized spacial score (nSPS) is 10.6. The molecule has 0 aliphatic heterocycles. The molecule has 3 rings (SSSR count). The van der Waals surface area contributed by atoms with Crippen LogP contribution in [0.2, 0.25) is 10.2 Å². The third kappa shape index (κ3) is 2.73. The van der Waals surface area contributed by atoms with Crippen LogP contribution in [0.3, 0.4) is 0 Å². The molecule has 4 nitrogen and oxygen atoms in total. The van der Waals surface area contributed by atoms with Crippen LogP contribution in [0.1, 0.15) is 5.69 Å². The van der Waals surface area contributed by atoms with Crippen LogP contribution in [-0.2, 0) is 0 Å².